The van der Waals surface area contributed by atoms with Crippen molar-refractivity contribution in [3.63, 3.8) is 0 Å². The van der Waals surface area contributed by atoms with E-state index in [9.17, 15) is 31.1 Å². The van der Waals surface area contributed by atoms with Crippen LogP contribution in [0.1, 0.15) is 11.1 Å². The van der Waals surface area contributed by atoms with Crippen LogP contribution in [0.3, 0.4) is 0 Å². The predicted octanol–water partition coefficient (Wildman–Crippen LogP) is 1.96. The van der Waals surface area contributed by atoms with Gasteiger partial charge in [0.15, 0.2) is 0 Å². The summed E-state index contributed by atoms with van der Waals surface area (Å²) in [5.41, 5.74) is -6.10. The Hall–Kier alpha value is -1.01. The molecule has 1 aromatic rings. The largest absolute Gasteiger partial charge is 0.420 e. The first kappa shape index (κ1) is 9.08. The molecular weight excluding hydrogens is 190 g/mol. The Bertz CT molecular complexity index is 280. The van der Waals surface area contributed by atoms with Crippen LogP contribution in [0, 0.1) is 0 Å². The first-order chi connectivity index (χ1) is 5.15. The third kappa shape index (κ3) is 1.30. The van der Waals surface area contributed by atoms with Gasteiger partial charge >= 0.3 is 12.4 Å². The second kappa shape index (κ2) is 2.02. The first-order valence-corrected chi connectivity index (χ1v) is 2.59. The van der Waals surface area contributed by atoms with E-state index in [-0.39, 0.29) is 0 Å². The highest BCUT2D eigenvalue weighted by Gasteiger charge is 2.55. The van der Waals surface area contributed by atoms with Crippen molar-refractivity contribution in [3.8, 4) is 0 Å². The number of alkyl halides is 6. The molecule has 0 saturated carbocycles. The van der Waals surface area contributed by atoms with Gasteiger partial charge in [-0.3, -0.25) is 4.79 Å². The van der Waals surface area contributed by atoms with Crippen LogP contribution in [0.5, 0.6) is 0 Å². The highest BCUT2D eigenvalue weighted by atomic mass is 19.4. The quantitative estimate of drug-likeness (QED) is 0.571. The monoisotopic (exact) mass is 190 g/mol. The molecule has 7 heteroatoms. The molecule has 0 unspecified atom stereocenters. The van der Waals surface area contributed by atoms with Crippen molar-refractivity contribution < 1.29 is 26.3 Å². The summed E-state index contributed by atoms with van der Waals surface area (Å²) in [4.78, 5) is 10.00. The van der Waals surface area contributed by atoms with Gasteiger partial charge in [-0.25, -0.2) is 0 Å². The minimum atomic E-state index is -5.18. The standard InChI is InChI=1S/C5F6O/c6-4(7,8)1-2(3(1)12)5(9,10)11. The van der Waals surface area contributed by atoms with Crippen LogP contribution in [0.4, 0.5) is 26.3 Å². The molecule has 68 valence electrons. The SMILES string of the molecule is O=c1c(C(F)(F)F)c1C(F)(F)F. The van der Waals surface area contributed by atoms with Gasteiger partial charge in [-0.1, -0.05) is 0 Å². The van der Waals surface area contributed by atoms with Gasteiger partial charge in [0.25, 0.3) is 0 Å². The number of halogens is 6. The molecule has 0 amide bonds. The molecule has 0 atom stereocenters. The van der Waals surface area contributed by atoms with Gasteiger partial charge in [0.1, 0.15) is 11.1 Å². The lowest BCUT2D eigenvalue weighted by Gasteiger charge is -1.99. The fourth-order valence-electron chi connectivity index (χ4n) is 0.711. The highest BCUT2D eigenvalue weighted by molar-refractivity contribution is 5.43. The van der Waals surface area contributed by atoms with Crippen LogP contribution in [0.15, 0.2) is 4.79 Å². The Morgan fingerprint density at radius 3 is 1.08 bits per heavy atom. The van der Waals surface area contributed by atoms with E-state index in [2.05, 4.69) is 0 Å². The average molecular weight is 190 g/mol. The Morgan fingerprint density at radius 2 is 1.00 bits per heavy atom. The smallest absolute Gasteiger partial charge is 0.289 e. The van der Waals surface area contributed by atoms with Gasteiger partial charge in [-0.05, 0) is 0 Å². The molecule has 1 rings (SSSR count). The summed E-state index contributed by atoms with van der Waals surface area (Å²) in [5.74, 6) is 0. The lowest BCUT2D eigenvalue weighted by atomic mass is 10.4. The minimum absolute atomic E-state index is 1.95. The van der Waals surface area contributed by atoms with E-state index in [0.717, 1.165) is 0 Å². The lowest BCUT2D eigenvalue weighted by Crippen LogP contribution is -2.04. The predicted molar refractivity (Wildman–Crippen MR) is 25.1 cm³/mol. The van der Waals surface area contributed by atoms with Crippen LogP contribution in [0.25, 0.3) is 0 Å². The molecule has 0 heterocycles. The number of rotatable bonds is 0. The fraction of sp³-hybridized carbons (Fsp3) is 0.400. The second-order valence-corrected chi connectivity index (χ2v) is 2.07. The van der Waals surface area contributed by atoms with Crippen molar-refractivity contribution >= 4 is 0 Å². The zero-order valence-electron chi connectivity index (χ0n) is 5.18. The van der Waals surface area contributed by atoms with Crippen LogP contribution in [-0.2, 0) is 12.4 Å². The molecule has 0 aromatic heterocycles. The van der Waals surface area contributed by atoms with Crippen molar-refractivity contribution in [1.29, 1.82) is 0 Å². The average Bonchev–Trinajstić information content (AvgIpc) is 2.35. The summed E-state index contributed by atoms with van der Waals surface area (Å²) in [6, 6.07) is 0. The van der Waals surface area contributed by atoms with Crippen LogP contribution < -0.4 is 5.43 Å². The van der Waals surface area contributed by atoms with Crippen LogP contribution >= 0.6 is 0 Å². The molecule has 0 aliphatic heterocycles. The van der Waals surface area contributed by atoms with Gasteiger partial charge in [0, 0.05) is 0 Å². The van der Waals surface area contributed by atoms with E-state index in [4.69, 9.17) is 0 Å². The van der Waals surface area contributed by atoms with Gasteiger partial charge in [-0.2, -0.15) is 26.3 Å². The maximum absolute atomic E-state index is 11.5. The first-order valence-electron chi connectivity index (χ1n) is 2.59. The third-order valence-corrected chi connectivity index (χ3v) is 1.21. The van der Waals surface area contributed by atoms with Crippen molar-refractivity contribution in [2.75, 3.05) is 0 Å². The maximum Gasteiger partial charge on any atom is 0.420 e. The molecule has 0 bridgehead atoms. The van der Waals surface area contributed by atoms with E-state index < -0.39 is 28.9 Å². The summed E-state index contributed by atoms with van der Waals surface area (Å²) >= 11 is 0. The summed E-state index contributed by atoms with van der Waals surface area (Å²) in [6.45, 7) is 0. The Morgan fingerprint density at radius 1 is 0.750 bits per heavy atom. The van der Waals surface area contributed by atoms with E-state index in [1.165, 1.54) is 0 Å². The highest BCUT2D eigenvalue weighted by Crippen LogP contribution is 2.41. The summed E-state index contributed by atoms with van der Waals surface area (Å²) < 4.78 is 69.0. The topological polar surface area (TPSA) is 17.1 Å². The second-order valence-electron chi connectivity index (χ2n) is 2.07. The van der Waals surface area contributed by atoms with E-state index >= 15 is 0 Å². The zero-order valence-corrected chi connectivity index (χ0v) is 5.18. The normalized spacial score (nSPS) is 14.2. The Kier molecular flexibility index (Phi) is 1.53. The summed E-state index contributed by atoms with van der Waals surface area (Å²) in [6.07, 6.45) is -10.4. The molecule has 1 aromatic carbocycles. The minimum Gasteiger partial charge on any atom is -0.289 e. The lowest BCUT2D eigenvalue weighted by molar-refractivity contribution is -0.153. The maximum atomic E-state index is 11.5. The van der Waals surface area contributed by atoms with Crippen molar-refractivity contribution in [2.45, 2.75) is 12.4 Å². The van der Waals surface area contributed by atoms with E-state index in [1.54, 1.807) is 0 Å². The van der Waals surface area contributed by atoms with E-state index in [0.29, 0.717) is 0 Å². The molecule has 0 aliphatic carbocycles. The molecule has 0 radical (unpaired) electrons. The fourth-order valence-corrected chi connectivity index (χ4v) is 0.711. The van der Waals surface area contributed by atoms with Crippen molar-refractivity contribution in [2.24, 2.45) is 0 Å². The van der Waals surface area contributed by atoms with Gasteiger partial charge in [-0.15, -0.1) is 0 Å². The van der Waals surface area contributed by atoms with Gasteiger partial charge in [0.2, 0.25) is 5.43 Å². The van der Waals surface area contributed by atoms with Crippen LogP contribution in [0.2, 0.25) is 0 Å². The van der Waals surface area contributed by atoms with Gasteiger partial charge in [0.05, 0.1) is 0 Å². The third-order valence-electron chi connectivity index (χ3n) is 1.21. The molecule has 0 spiro atoms. The molecule has 0 aliphatic rings. The molecule has 12 heavy (non-hydrogen) atoms. The Balaban J connectivity index is 3.03. The van der Waals surface area contributed by atoms with Gasteiger partial charge < -0.3 is 0 Å². The summed E-state index contributed by atoms with van der Waals surface area (Å²) in [7, 11) is 0. The van der Waals surface area contributed by atoms with E-state index in [1.807, 2.05) is 0 Å². The van der Waals surface area contributed by atoms with Crippen molar-refractivity contribution in [1.82, 2.24) is 0 Å². The molecule has 0 fully saturated rings. The number of hydrogen-bond donors (Lipinski definition) is 0. The van der Waals surface area contributed by atoms with Crippen molar-refractivity contribution in [3.05, 3.63) is 21.4 Å². The number of hydrogen-bond acceptors (Lipinski definition) is 1. The zero-order chi connectivity index (χ0) is 9.73. The molecule has 0 saturated heterocycles. The van der Waals surface area contributed by atoms with Crippen LogP contribution in [-0.4, -0.2) is 0 Å². The molecule has 0 N–H and O–H groups in total. The Labute approximate surface area is 61.3 Å². The summed E-state index contributed by atoms with van der Waals surface area (Å²) in [5, 5.41) is 0. The molecular formula is C5F6O. The molecule has 1 nitrogen and oxygen atoms in total.